The van der Waals surface area contributed by atoms with Crippen molar-refractivity contribution < 1.29 is 4.79 Å². The molecule has 1 saturated carbocycles. The molecule has 1 aliphatic carbocycles. The summed E-state index contributed by atoms with van der Waals surface area (Å²) in [7, 11) is 0. The third kappa shape index (κ3) is 3.19. The quantitative estimate of drug-likeness (QED) is 0.834. The first kappa shape index (κ1) is 14.6. The molecule has 1 aliphatic rings. The van der Waals surface area contributed by atoms with E-state index in [1.54, 1.807) is 11.3 Å². The van der Waals surface area contributed by atoms with Crippen LogP contribution in [-0.2, 0) is 10.2 Å². The van der Waals surface area contributed by atoms with Crippen molar-refractivity contribution in [3.05, 3.63) is 22.4 Å². The number of thiophene rings is 1. The molecule has 1 heterocycles. The fraction of sp³-hybridized carbons (Fsp3) is 0.688. The second-order valence-corrected chi connectivity index (χ2v) is 6.51. The van der Waals surface area contributed by atoms with Crippen LogP contribution in [0.15, 0.2) is 16.8 Å². The number of rotatable bonds is 6. The van der Waals surface area contributed by atoms with E-state index in [2.05, 4.69) is 36.0 Å². The Kier molecular flexibility index (Phi) is 5.03. The van der Waals surface area contributed by atoms with Gasteiger partial charge in [-0.1, -0.05) is 26.7 Å². The topological polar surface area (TPSA) is 29.1 Å². The van der Waals surface area contributed by atoms with E-state index in [9.17, 15) is 4.79 Å². The summed E-state index contributed by atoms with van der Waals surface area (Å²) in [6.45, 7) is 5.01. The highest BCUT2D eigenvalue weighted by Crippen LogP contribution is 2.41. The van der Waals surface area contributed by atoms with Gasteiger partial charge in [0, 0.05) is 17.9 Å². The molecule has 1 amide bonds. The summed E-state index contributed by atoms with van der Waals surface area (Å²) in [5.74, 6) is 0.424. The summed E-state index contributed by atoms with van der Waals surface area (Å²) < 4.78 is 0. The zero-order chi connectivity index (χ0) is 13.7. The second-order valence-electron chi connectivity index (χ2n) is 5.73. The Hall–Kier alpha value is -0.830. The maximum Gasteiger partial charge on any atom is 0.223 e. The van der Waals surface area contributed by atoms with Crippen molar-refractivity contribution in [3.63, 3.8) is 0 Å². The highest BCUT2D eigenvalue weighted by molar-refractivity contribution is 7.08. The van der Waals surface area contributed by atoms with Crippen LogP contribution in [-0.4, -0.2) is 12.5 Å². The maximum absolute atomic E-state index is 12.2. The van der Waals surface area contributed by atoms with Gasteiger partial charge in [-0.05, 0) is 48.1 Å². The molecule has 2 rings (SSSR count). The Morgan fingerprint density at radius 2 is 2.05 bits per heavy atom. The molecule has 0 atom stereocenters. The Bertz CT molecular complexity index is 389. The molecule has 0 aromatic carbocycles. The molecule has 0 bridgehead atoms. The van der Waals surface area contributed by atoms with Crippen molar-refractivity contribution in [3.8, 4) is 0 Å². The summed E-state index contributed by atoms with van der Waals surface area (Å²) in [5.41, 5.74) is 1.64. The van der Waals surface area contributed by atoms with E-state index in [1.165, 1.54) is 31.2 Å². The lowest BCUT2D eigenvalue weighted by atomic mass is 9.80. The predicted molar refractivity (Wildman–Crippen MR) is 81.5 cm³/mol. The van der Waals surface area contributed by atoms with Crippen LogP contribution in [0.5, 0.6) is 0 Å². The predicted octanol–water partition coefficient (Wildman–Crippen LogP) is 4.11. The standard InChI is InChI=1S/C16H25NOS/c1-3-13(4-2)15(18)17-12-16(8-5-6-9-16)14-7-10-19-11-14/h7,10-11,13H,3-6,8-9,12H2,1-2H3,(H,17,18). The van der Waals surface area contributed by atoms with Crippen molar-refractivity contribution in [2.24, 2.45) is 5.92 Å². The average Bonchev–Trinajstić information content (AvgIpc) is 3.09. The lowest BCUT2D eigenvalue weighted by Crippen LogP contribution is -2.41. The summed E-state index contributed by atoms with van der Waals surface area (Å²) >= 11 is 1.76. The van der Waals surface area contributed by atoms with Crippen LogP contribution in [0.2, 0.25) is 0 Å². The lowest BCUT2D eigenvalue weighted by molar-refractivity contribution is -0.125. The molecule has 0 saturated heterocycles. The number of hydrogen-bond donors (Lipinski definition) is 1. The van der Waals surface area contributed by atoms with E-state index in [0.29, 0.717) is 0 Å². The number of carbonyl (C=O) groups is 1. The van der Waals surface area contributed by atoms with Crippen LogP contribution in [0.1, 0.15) is 57.9 Å². The number of carbonyl (C=O) groups excluding carboxylic acids is 1. The molecule has 0 unspecified atom stereocenters. The van der Waals surface area contributed by atoms with Crippen molar-refractivity contribution in [1.29, 1.82) is 0 Å². The number of nitrogens with one attached hydrogen (secondary N) is 1. The Morgan fingerprint density at radius 1 is 1.37 bits per heavy atom. The summed E-state index contributed by atoms with van der Waals surface area (Å²) in [6, 6.07) is 2.24. The third-order valence-corrected chi connectivity index (χ3v) is 5.33. The molecule has 0 radical (unpaired) electrons. The van der Waals surface area contributed by atoms with Gasteiger partial charge in [0.25, 0.3) is 0 Å². The minimum atomic E-state index is 0.181. The zero-order valence-electron chi connectivity index (χ0n) is 12.1. The summed E-state index contributed by atoms with van der Waals surface area (Å²) in [4.78, 5) is 12.2. The average molecular weight is 279 g/mol. The summed E-state index contributed by atoms with van der Waals surface area (Å²) in [5, 5.41) is 7.63. The molecule has 1 fully saturated rings. The fourth-order valence-electron chi connectivity index (χ4n) is 3.25. The van der Waals surface area contributed by atoms with Gasteiger partial charge in [0.05, 0.1) is 0 Å². The smallest absolute Gasteiger partial charge is 0.223 e. The van der Waals surface area contributed by atoms with Crippen molar-refractivity contribution in [1.82, 2.24) is 5.32 Å². The Labute approximate surface area is 120 Å². The van der Waals surface area contributed by atoms with Gasteiger partial charge in [-0.15, -0.1) is 0 Å². The first-order valence-electron chi connectivity index (χ1n) is 7.52. The van der Waals surface area contributed by atoms with E-state index in [0.717, 1.165) is 19.4 Å². The number of hydrogen-bond acceptors (Lipinski definition) is 2. The molecule has 19 heavy (non-hydrogen) atoms. The molecule has 106 valence electrons. The van der Waals surface area contributed by atoms with Gasteiger partial charge in [-0.2, -0.15) is 11.3 Å². The van der Waals surface area contributed by atoms with Gasteiger partial charge >= 0.3 is 0 Å². The molecular weight excluding hydrogens is 254 g/mol. The molecule has 1 N–H and O–H groups in total. The minimum Gasteiger partial charge on any atom is -0.355 e. The zero-order valence-corrected chi connectivity index (χ0v) is 12.9. The van der Waals surface area contributed by atoms with Crippen LogP contribution in [0.3, 0.4) is 0 Å². The minimum absolute atomic E-state index is 0.181. The second kappa shape index (κ2) is 6.56. The monoisotopic (exact) mass is 279 g/mol. The van der Waals surface area contributed by atoms with Crippen molar-refractivity contribution in [2.45, 2.75) is 57.8 Å². The Morgan fingerprint density at radius 3 is 2.58 bits per heavy atom. The van der Waals surface area contributed by atoms with E-state index in [-0.39, 0.29) is 17.2 Å². The largest absolute Gasteiger partial charge is 0.355 e. The third-order valence-electron chi connectivity index (χ3n) is 4.65. The van der Waals surface area contributed by atoms with Crippen LogP contribution in [0, 0.1) is 5.92 Å². The SMILES string of the molecule is CCC(CC)C(=O)NCC1(c2ccsc2)CCCC1. The van der Waals surface area contributed by atoms with Gasteiger partial charge in [-0.3, -0.25) is 4.79 Å². The molecule has 0 aliphatic heterocycles. The highest BCUT2D eigenvalue weighted by Gasteiger charge is 2.36. The van der Waals surface area contributed by atoms with Gasteiger partial charge in [0.2, 0.25) is 5.91 Å². The van der Waals surface area contributed by atoms with E-state index in [4.69, 9.17) is 0 Å². The van der Waals surface area contributed by atoms with Crippen molar-refractivity contribution >= 4 is 17.2 Å². The van der Waals surface area contributed by atoms with Gasteiger partial charge < -0.3 is 5.32 Å². The summed E-state index contributed by atoms with van der Waals surface area (Å²) in [6.07, 6.45) is 6.88. The van der Waals surface area contributed by atoms with E-state index < -0.39 is 0 Å². The van der Waals surface area contributed by atoms with E-state index in [1.807, 2.05) is 0 Å². The van der Waals surface area contributed by atoms with E-state index >= 15 is 0 Å². The molecule has 1 aromatic rings. The normalized spacial score (nSPS) is 17.8. The van der Waals surface area contributed by atoms with Crippen molar-refractivity contribution in [2.75, 3.05) is 6.54 Å². The van der Waals surface area contributed by atoms with Gasteiger partial charge in [-0.25, -0.2) is 0 Å². The number of amides is 1. The lowest BCUT2D eigenvalue weighted by Gasteiger charge is -2.29. The molecule has 3 heteroatoms. The maximum atomic E-state index is 12.2. The highest BCUT2D eigenvalue weighted by atomic mass is 32.1. The van der Waals surface area contributed by atoms with Crippen LogP contribution < -0.4 is 5.32 Å². The fourth-order valence-corrected chi connectivity index (χ4v) is 4.02. The first-order valence-corrected chi connectivity index (χ1v) is 8.46. The molecule has 1 aromatic heterocycles. The van der Waals surface area contributed by atoms with Crippen LogP contribution in [0.4, 0.5) is 0 Å². The first-order chi connectivity index (χ1) is 9.22. The molecule has 0 spiro atoms. The molecule has 2 nitrogen and oxygen atoms in total. The van der Waals surface area contributed by atoms with Gasteiger partial charge in [0.15, 0.2) is 0 Å². The van der Waals surface area contributed by atoms with Crippen LogP contribution in [0.25, 0.3) is 0 Å². The van der Waals surface area contributed by atoms with Crippen LogP contribution >= 0.6 is 11.3 Å². The van der Waals surface area contributed by atoms with Gasteiger partial charge in [0.1, 0.15) is 0 Å². The molecular formula is C16H25NOS. The Balaban J connectivity index is 2.01.